The molecule has 0 bridgehead atoms. The molecular weight excluding hydrogens is 737 g/mol. The van der Waals surface area contributed by atoms with Crippen molar-refractivity contribution in [3.63, 3.8) is 0 Å². The minimum Gasteiger partial charge on any atom is -0.310 e. The summed E-state index contributed by atoms with van der Waals surface area (Å²) in [6, 6.07) is 69.5. The maximum atomic E-state index is 4.44. The molecule has 0 atom stereocenters. The molecule has 0 amide bonds. The molecule has 0 fully saturated rings. The number of anilines is 6. The summed E-state index contributed by atoms with van der Waals surface area (Å²) in [6.07, 6.45) is 6.36. The van der Waals surface area contributed by atoms with Crippen molar-refractivity contribution >= 4 is 45.3 Å². The fourth-order valence-electron chi connectivity index (χ4n) is 8.08. The van der Waals surface area contributed by atoms with Crippen molar-refractivity contribution in [3.05, 3.63) is 252 Å². The summed E-state index contributed by atoms with van der Waals surface area (Å²) in [5.74, 6) is 0. The second kappa shape index (κ2) is 18.2. The largest absolute Gasteiger partial charge is 0.310 e. The molecule has 0 aromatic heterocycles. The second-order valence-electron chi connectivity index (χ2n) is 15.8. The van der Waals surface area contributed by atoms with Crippen molar-refractivity contribution in [3.8, 4) is 22.3 Å². The molecule has 2 heteroatoms. The Kier molecular flexibility index (Phi) is 12.1. The van der Waals surface area contributed by atoms with Crippen LogP contribution in [-0.4, -0.2) is 0 Å². The highest BCUT2D eigenvalue weighted by Crippen LogP contribution is 2.40. The first-order chi connectivity index (χ1) is 29.7. The van der Waals surface area contributed by atoms with E-state index in [1.165, 1.54) is 55.6 Å². The standard InChI is InChI=1S/C59H52N2/c1-42(48-30-36-52(37-31-48)60(50-22-9-7-10-23-50)54-34-28-46(5)58(40-54)56-26-15-13-18-44(56)3)20-17-21-43(2)49-32-38-53(39-33-49)61(51-24-11-8-12-25-51)55-35-29-47(6)59(41-55)57-27-16-14-19-45(57)4/h7-41H,1H2,2-6H3/b20-17-,43-21+. The van der Waals surface area contributed by atoms with Crippen LogP contribution in [0.1, 0.15) is 40.3 Å². The van der Waals surface area contributed by atoms with E-state index >= 15 is 0 Å². The average Bonchev–Trinajstić information content (AvgIpc) is 3.29. The Hall–Kier alpha value is -7.42. The van der Waals surface area contributed by atoms with Crippen LogP contribution in [-0.2, 0) is 0 Å². The van der Waals surface area contributed by atoms with Crippen LogP contribution >= 0.6 is 0 Å². The van der Waals surface area contributed by atoms with Crippen LogP contribution in [0.4, 0.5) is 34.1 Å². The van der Waals surface area contributed by atoms with Crippen LogP contribution in [0.5, 0.6) is 0 Å². The zero-order chi connectivity index (χ0) is 42.3. The van der Waals surface area contributed by atoms with E-state index in [1.807, 2.05) is 0 Å². The molecule has 8 aromatic rings. The minimum absolute atomic E-state index is 0.955. The Labute approximate surface area is 362 Å². The lowest BCUT2D eigenvalue weighted by molar-refractivity contribution is 1.27. The Morgan fingerprint density at radius 3 is 1.18 bits per heavy atom. The van der Waals surface area contributed by atoms with Gasteiger partial charge in [0.25, 0.3) is 0 Å². The lowest BCUT2D eigenvalue weighted by atomic mass is 9.95. The fourth-order valence-corrected chi connectivity index (χ4v) is 8.08. The van der Waals surface area contributed by atoms with Gasteiger partial charge in [-0.25, -0.2) is 0 Å². The smallest absolute Gasteiger partial charge is 0.0467 e. The van der Waals surface area contributed by atoms with Crippen LogP contribution in [0.25, 0.3) is 33.4 Å². The summed E-state index contributed by atoms with van der Waals surface area (Å²) in [7, 11) is 0. The van der Waals surface area contributed by atoms with E-state index < -0.39 is 0 Å². The molecule has 0 N–H and O–H groups in total. The van der Waals surface area contributed by atoms with Gasteiger partial charge >= 0.3 is 0 Å². The van der Waals surface area contributed by atoms with Crippen LogP contribution < -0.4 is 9.80 Å². The summed E-state index contributed by atoms with van der Waals surface area (Å²) in [6.45, 7) is 15.3. The van der Waals surface area contributed by atoms with Crippen molar-refractivity contribution in [1.29, 1.82) is 0 Å². The third kappa shape index (κ3) is 8.95. The number of hydrogen-bond acceptors (Lipinski definition) is 2. The molecule has 2 nitrogen and oxygen atoms in total. The lowest BCUT2D eigenvalue weighted by Crippen LogP contribution is -2.10. The van der Waals surface area contributed by atoms with Gasteiger partial charge in [0.15, 0.2) is 0 Å². The van der Waals surface area contributed by atoms with E-state index in [0.29, 0.717) is 0 Å². The summed E-state index contributed by atoms with van der Waals surface area (Å²) in [4.78, 5) is 4.66. The third-order valence-corrected chi connectivity index (χ3v) is 11.6. The molecule has 8 aromatic carbocycles. The van der Waals surface area contributed by atoms with E-state index in [1.54, 1.807) is 0 Å². The molecule has 0 aliphatic carbocycles. The molecule has 0 aliphatic rings. The quantitative estimate of drug-likeness (QED) is 0.114. The summed E-state index contributed by atoms with van der Waals surface area (Å²) in [5.41, 5.74) is 21.1. The van der Waals surface area contributed by atoms with Gasteiger partial charge in [0.05, 0.1) is 0 Å². The van der Waals surface area contributed by atoms with Gasteiger partial charge in [0.2, 0.25) is 0 Å². The van der Waals surface area contributed by atoms with Gasteiger partial charge < -0.3 is 9.80 Å². The minimum atomic E-state index is 0.955. The molecule has 298 valence electrons. The maximum Gasteiger partial charge on any atom is 0.0467 e. The number of rotatable bonds is 12. The van der Waals surface area contributed by atoms with E-state index in [4.69, 9.17) is 0 Å². The van der Waals surface area contributed by atoms with Gasteiger partial charge in [-0.1, -0.05) is 146 Å². The van der Waals surface area contributed by atoms with Crippen molar-refractivity contribution in [2.75, 3.05) is 9.80 Å². The highest BCUT2D eigenvalue weighted by Gasteiger charge is 2.17. The predicted molar refractivity (Wildman–Crippen MR) is 264 cm³/mol. The van der Waals surface area contributed by atoms with Crippen LogP contribution in [0.15, 0.2) is 219 Å². The average molecular weight is 789 g/mol. The Bertz CT molecular complexity index is 2850. The van der Waals surface area contributed by atoms with Crippen molar-refractivity contribution in [2.24, 2.45) is 0 Å². The highest BCUT2D eigenvalue weighted by molar-refractivity contribution is 5.85. The molecule has 0 aliphatic heterocycles. The first kappa shape index (κ1) is 40.4. The SMILES string of the molecule is C=C(/C=C\C=C(/C)c1ccc(N(c2ccccc2)c2ccc(C)c(-c3ccccc3C)c2)cc1)c1ccc(N(c2ccccc2)c2ccc(C)c(-c3ccccc3C)c2)cc1. The van der Waals surface area contributed by atoms with Crippen molar-refractivity contribution < 1.29 is 0 Å². The molecule has 0 saturated heterocycles. The van der Waals surface area contributed by atoms with Crippen molar-refractivity contribution in [2.45, 2.75) is 34.6 Å². The number of hydrogen-bond donors (Lipinski definition) is 0. The van der Waals surface area contributed by atoms with Crippen LogP contribution in [0.3, 0.4) is 0 Å². The Morgan fingerprint density at radius 1 is 0.377 bits per heavy atom. The first-order valence-corrected chi connectivity index (χ1v) is 21.0. The monoisotopic (exact) mass is 788 g/mol. The van der Waals surface area contributed by atoms with Gasteiger partial charge in [0, 0.05) is 34.1 Å². The van der Waals surface area contributed by atoms with E-state index in [-0.39, 0.29) is 0 Å². The van der Waals surface area contributed by atoms with E-state index in [9.17, 15) is 0 Å². The second-order valence-corrected chi connectivity index (χ2v) is 15.8. The number of para-hydroxylation sites is 2. The van der Waals surface area contributed by atoms with Gasteiger partial charge in [-0.3, -0.25) is 0 Å². The third-order valence-electron chi connectivity index (χ3n) is 11.6. The molecule has 0 unspecified atom stereocenters. The molecular formula is C59H52N2. The summed E-state index contributed by atoms with van der Waals surface area (Å²) < 4.78 is 0. The first-order valence-electron chi connectivity index (χ1n) is 21.0. The highest BCUT2D eigenvalue weighted by atomic mass is 15.1. The summed E-state index contributed by atoms with van der Waals surface area (Å²) >= 11 is 0. The Balaban J connectivity index is 1.01. The number of benzene rings is 8. The number of nitrogens with zero attached hydrogens (tertiary/aromatic N) is 2. The van der Waals surface area contributed by atoms with E-state index in [2.05, 4.69) is 263 Å². The van der Waals surface area contributed by atoms with Gasteiger partial charge in [-0.2, -0.15) is 0 Å². The number of aryl methyl sites for hydroxylation is 4. The Morgan fingerprint density at radius 2 is 0.738 bits per heavy atom. The molecule has 0 radical (unpaired) electrons. The van der Waals surface area contributed by atoms with Gasteiger partial charge in [-0.05, 0) is 174 Å². The lowest BCUT2D eigenvalue weighted by Gasteiger charge is -2.27. The topological polar surface area (TPSA) is 6.48 Å². The molecule has 8 rings (SSSR count). The maximum absolute atomic E-state index is 4.44. The van der Waals surface area contributed by atoms with Crippen LogP contribution in [0, 0.1) is 27.7 Å². The van der Waals surface area contributed by atoms with Gasteiger partial charge in [-0.15, -0.1) is 0 Å². The molecule has 0 spiro atoms. The zero-order valence-electron chi connectivity index (χ0n) is 35.8. The van der Waals surface area contributed by atoms with Crippen LogP contribution in [0.2, 0.25) is 0 Å². The summed E-state index contributed by atoms with van der Waals surface area (Å²) in [5, 5.41) is 0. The molecule has 61 heavy (non-hydrogen) atoms. The molecule has 0 heterocycles. The fraction of sp³-hybridized carbons (Fsp3) is 0.0847. The normalized spacial score (nSPS) is 11.5. The predicted octanol–water partition coefficient (Wildman–Crippen LogP) is 16.9. The molecule has 0 saturated carbocycles. The zero-order valence-corrected chi connectivity index (χ0v) is 35.8. The van der Waals surface area contributed by atoms with Gasteiger partial charge in [0.1, 0.15) is 0 Å². The van der Waals surface area contributed by atoms with E-state index in [0.717, 1.165) is 45.3 Å². The number of allylic oxidation sites excluding steroid dienone is 5. The van der Waals surface area contributed by atoms with Crippen molar-refractivity contribution in [1.82, 2.24) is 0 Å².